The van der Waals surface area contributed by atoms with Gasteiger partial charge in [0.25, 0.3) is 0 Å². The second kappa shape index (κ2) is 9.55. The molecule has 30 heavy (non-hydrogen) atoms. The number of rotatable bonds is 9. The van der Waals surface area contributed by atoms with Crippen LogP contribution in [0.4, 0.5) is 13.2 Å². The Hall–Kier alpha value is -1.15. The lowest BCUT2D eigenvalue weighted by molar-refractivity contribution is -0.141. The molecule has 0 aliphatic heterocycles. The molecule has 166 valence electrons. The summed E-state index contributed by atoms with van der Waals surface area (Å²) in [4.78, 5) is 6.47. The fourth-order valence-corrected chi connectivity index (χ4v) is 5.68. The van der Waals surface area contributed by atoms with E-state index in [0.717, 1.165) is 47.5 Å². The van der Waals surface area contributed by atoms with E-state index in [2.05, 4.69) is 16.8 Å². The smallest absolute Gasteiger partial charge is 0.329 e. The lowest BCUT2D eigenvalue weighted by Gasteiger charge is -2.21. The first kappa shape index (κ1) is 23.5. The topological polar surface area (TPSA) is 42.1 Å². The van der Waals surface area contributed by atoms with E-state index in [-0.39, 0.29) is 18.0 Å². The first-order valence-corrected chi connectivity index (χ1v) is 11.6. The van der Waals surface area contributed by atoms with Crippen LogP contribution in [0.3, 0.4) is 0 Å². The van der Waals surface area contributed by atoms with E-state index in [1.54, 1.807) is 0 Å². The number of aromatic nitrogens is 1. The van der Waals surface area contributed by atoms with E-state index in [0.29, 0.717) is 15.9 Å². The highest BCUT2D eigenvalue weighted by atomic mass is 35.5. The molecule has 1 aromatic carbocycles. The molecule has 8 heteroatoms. The maximum atomic E-state index is 13.8. The molecule has 0 radical (unpaired) electrons. The third-order valence-electron chi connectivity index (χ3n) is 5.47. The van der Waals surface area contributed by atoms with Gasteiger partial charge in [-0.1, -0.05) is 24.6 Å². The molecule has 2 aromatic rings. The average molecular weight is 460 g/mol. The molecule has 3 nitrogen and oxygen atoms in total. The Morgan fingerprint density at radius 2 is 2.00 bits per heavy atom. The molecule has 0 saturated heterocycles. The van der Waals surface area contributed by atoms with Gasteiger partial charge in [0.05, 0.1) is 4.88 Å². The molecule has 2 N–H and O–H groups in total. The highest BCUT2D eigenvalue weighted by Gasteiger charge is 2.39. The molecule has 0 bridgehead atoms. The van der Waals surface area contributed by atoms with Crippen LogP contribution in [0.5, 0.6) is 0 Å². The lowest BCUT2D eigenvalue weighted by Crippen LogP contribution is -2.27. The Labute approximate surface area is 185 Å². The van der Waals surface area contributed by atoms with Crippen LogP contribution in [0.15, 0.2) is 12.1 Å². The maximum absolute atomic E-state index is 13.8. The highest BCUT2D eigenvalue weighted by molar-refractivity contribution is 7.11. The van der Waals surface area contributed by atoms with Gasteiger partial charge in [-0.25, -0.2) is 4.98 Å². The predicted molar refractivity (Wildman–Crippen MR) is 117 cm³/mol. The zero-order valence-corrected chi connectivity index (χ0v) is 19.2. The van der Waals surface area contributed by atoms with Gasteiger partial charge >= 0.3 is 6.18 Å². The third-order valence-corrected chi connectivity index (χ3v) is 6.93. The Kier molecular flexibility index (Phi) is 7.49. The molecule has 3 rings (SSSR count). The molecular weight excluding hydrogens is 431 g/mol. The summed E-state index contributed by atoms with van der Waals surface area (Å²) in [7, 11) is 0. The quantitative estimate of drug-likeness (QED) is 0.489. The number of hydrogen-bond donors (Lipinski definition) is 1. The summed E-state index contributed by atoms with van der Waals surface area (Å²) in [6.45, 7) is 7.95. The summed E-state index contributed by atoms with van der Waals surface area (Å²) in [6, 6.07) is 3.80. The number of benzene rings is 1. The van der Waals surface area contributed by atoms with Crippen LogP contribution >= 0.6 is 22.9 Å². The fourth-order valence-electron chi connectivity index (χ4n) is 3.98. The average Bonchev–Trinajstić information content (AvgIpc) is 3.34. The van der Waals surface area contributed by atoms with Gasteiger partial charge in [0.15, 0.2) is 5.69 Å². The van der Waals surface area contributed by atoms with Gasteiger partial charge in [0.2, 0.25) is 0 Å². The van der Waals surface area contributed by atoms with Crippen molar-refractivity contribution in [2.45, 2.75) is 58.7 Å². The van der Waals surface area contributed by atoms with Gasteiger partial charge in [-0.2, -0.15) is 13.2 Å². The molecule has 1 heterocycles. The molecule has 1 atom stereocenters. The number of nitrogens with zero attached hydrogens (tertiary/aromatic N) is 2. The minimum absolute atomic E-state index is 0.147. The SMILES string of the molecule is CCCN(Cc1sc(C(CN)c2c(C)cc(C)cc2Cl)nc1C(F)(F)F)CC1CC1. The molecule has 1 unspecified atom stereocenters. The summed E-state index contributed by atoms with van der Waals surface area (Å²) in [6.07, 6.45) is -1.25. The van der Waals surface area contributed by atoms with Crippen molar-refractivity contribution in [3.05, 3.63) is 49.4 Å². The molecule has 0 spiro atoms. The number of hydrogen-bond acceptors (Lipinski definition) is 4. The summed E-state index contributed by atoms with van der Waals surface area (Å²) in [5, 5.41) is 0.908. The van der Waals surface area contributed by atoms with Gasteiger partial charge in [0.1, 0.15) is 5.01 Å². The Morgan fingerprint density at radius 3 is 2.53 bits per heavy atom. The first-order chi connectivity index (χ1) is 14.1. The van der Waals surface area contributed by atoms with Crippen molar-refractivity contribution in [3.8, 4) is 0 Å². The van der Waals surface area contributed by atoms with Crippen molar-refractivity contribution in [3.63, 3.8) is 0 Å². The van der Waals surface area contributed by atoms with E-state index in [1.165, 1.54) is 12.8 Å². The Balaban J connectivity index is 1.98. The molecule has 1 fully saturated rings. The number of alkyl halides is 3. The highest BCUT2D eigenvalue weighted by Crippen LogP contribution is 2.41. The minimum atomic E-state index is -4.49. The largest absolute Gasteiger partial charge is 0.434 e. The van der Waals surface area contributed by atoms with Crippen LogP contribution in [-0.2, 0) is 12.7 Å². The molecule has 0 amide bonds. The van der Waals surface area contributed by atoms with Crippen molar-refractivity contribution < 1.29 is 13.2 Å². The third kappa shape index (κ3) is 5.55. The van der Waals surface area contributed by atoms with Crippen molar-refractivity contribution >= 4 is 22.9 Å². The van der Waals surface area contributed by atoms with Crippen molar-refractivity contribution in [2.75, 3.05) is 19.6 Å². The van der Waals surface area contributed by atoms with E-state index >= 15 is 0 Å². The van der Waals surface area contributed by atoms with Gasteiger partial charge in [-0.3, -0.25) is 4.90 Å². The van der Waals surface area contributed by atoms with Crippen LogP contribution in [0.1, 0.15) is 64.4 Å². The van der Waals surface area contributed by atoms with Gasteiger partial charge < -0.3 is 5.73 Å². The Morgan fingerprint density at radius 1 is 1.30 bits per heavy atom. The molecule has 1 saturated carbocycles. The van der Waals surface area contributed by atoms with Crippen LogP contribution in [0.2, 0.25) is 5.02 Å². The Bertz CT molecular complexity index is 854. The van der Waals surface area contributed by atoms with E-state index in [1.807, 2.05) is 26.0 Å². The number of thiazole rings is 1. The van der Waals surface area contributed by atoms with Crippen molar-refractivity contribution in [1.29, 1.82) is 0 Å². The molecule has 1 aromatic heterocycles. The normalized spacial score (nSPS) is 15.8. The molecular formula is C22H29ClF3N3S. The number of aryl methyl sites for hydroxylation is 2. The summed E-state index contributed by atoms with van der Waals surface area (Å²) < 4.78 is 41.5. The first-order valence-electron chi connectivity index (χ1n) is 10.4. The number of nitrogens with two attached hydrogens (primary N) is 1. The van der Waals surface area contributed by atoms with Gasteiger partial charge in [-0.05, 0) is 68.3 Å². The fraction of sp³-hybridized carbons (Fsp3) is 0.591. The predicted octanol–water partition coefficient (Wildman–Crippen LogP) is 6.14. The molecule has 1 aliphatic carbocycles. The van der Waals surface area contributed by atoms with Crippen molar-refractivity contribution in [2.24, 2.45) is 11.7 Å². The summed E-state index contributed by atoms with van der Waals surface area (Å²) >= 11 is 7.60. The second-order valence-electron chi connectivity index (χ2n) is 8.27. The van der Waals surface area contributed by atoms with Crippen LogP contribution in [-0.4, -0.2) is 29.5 Å². The van der Waals surface area contributed by atoms with E-state index in [4.69, 9.17) is 17.3 Å². The van der Waals surface area contributed by atoms with Crippen molar-refractivity contribution in [1.82, 2.24) is 9.88 Å². The zero-order chi connectivity index (χ0) is 22.1. The zero-order valence-electron chi connectivity index (χ0n) is 17.7. The van der Waals surface area contributed by atoms with E-state index < -0.39 is 17.8 Å². The standard InChI is InChI=1S/C22H29ClF3N3S/c1-4-7-29(11-15-5-6-15)12-18-20(22(24,25)26)28-21(30-18)16(10-27)19-14(3)8-13(2)9-17(19)23/h8-9,15-16H,4-7,10-12,27H2,1-3H3. The lowest BCUT2D eigenvalue weighted by atomic mass is 9.94. The maximum Gasteiger partial charge on any atom is 0.434 e. The number of halogens is 4. The monoisotopic (exact) mass is 459 g/mol. The minimum Gasteiger partial charge on any atom is -0.329 e. The van der Waals surface area contributed by atoms with Crippen LogP contribution < -0.4 is 5.73 Å². The second-order valence-corrected chi connectivity index (χ2v) is 9.79. The van der Waals surface area contributed by atoms with Crippen LogP contribution in [0.25, 0.3) is 0 Å². The van der Waals surface area contributed by atoms with Gasteiger partial charge in [0, 0.05) is 30.6 Å². The van der Waals surface area contributed by atoms with Crippen LogP contribution in [0, 0.1) is 19.8 Å². The van der Waals surface area contributed by atoms with Gasteiger partial charge in [-0.15, -0.1) is 11.3 Å². The summed E-state index contributed by atoms with van der Waals surface area (Å²) in [5.74, 6) is 0.157. The summed E-state index contributed by atoms with van der Waals surface area (Å²) in [5.41, 5.74) is 7.93. The van der Waals surface area contributed by atoms with E-state index in [9.17, 15) is 13.2 Å². The molecule has 1 aliphatic rings.